The van der Waals surface area contributed by atoms with Crippen molar-refractivity contribution in [1.82, 2.24) is 4.90 Å². The van der Waals surface area contributed by atoms with Gasteiger partial charge in [-0.3, -0.25) is 4.79 Å². The van der Waals surface area contributed by atoms with Crippen LogP contribution in [0.25, 0.3) is 0 Å². The Morgan fingerprint density at radius 3 is 2.50 bits per heavy atom. The summed E-state index contributed by atoms with van der Waals surface area (Å²) in [5.41, 5.74) is 8.11. The van der Waals surface area contributed by atoms with Crippen LogP contribution in [0.3, 0.4) is 0 Å². The minimum Gasteiger partial charge on any atom is -0.341 e. The van der Waals surface area contributed by atoms with E-state index in [2.05, 4.69) is 6.92 Å². The molecule has 0 spiro atoms. The quantitative estimate of drug-likeness (QED) is 0.895. The van der Waals surface area contributed by atoms with Gasteiger partial charge in [-0.15, -0.1) is 12.4 Å². The second kappa shape index (κ2) is 6.21. The molecule has 1 fully saturated rings. The summed E-state index contributed by atoms with van der Waals surface area (Å²) >= 11 is 0. The van der Waals surface area contributed by atoms with Crippen molar-refractivity contribution in [3.63, 3.8) is 0 Å². The molecule has 0 aromatic heterocycles. The van der Waals surface area contributed by atoms with Crippen LogP contribution in [0.1, 0.15) is 30.5 Å². The first-order valence-electron chi connectivity index (χ1n) is 6.19. The van der Waals surface area contributed by atoms with Gasteiger partial charge >= 0.3 is 0 Å². The Morgan fingerprint density at radius 2 is 2.00 bits per heavy atom. The maximum atomic E-state index is 12.2. The summed E-state index contributed by atoms with van der Waals surface area (Å²) in [7, 11) is 0. The number of aryl methyl sites for hydroxylation is 1. The molecule has 1 aromatic rings. The number of nitrogens with zero attached hydrogens (tertiary/aromatic N) is 1. The summed E-state index contributed by atoms with van der Waals surface area (Å²) in [6, 6.07) is 7.36. The normalized spacial score (nSPS) is 20.4. The van der Waals surface area contributed by atoms with Crippen molar-refractivity contribution in [2.75, 3.05) is 13.1 Å². The highest BCUT2D eigenvalue weighted by molar-refractivity contribution is 5.85. The molecular weight excluding hydrogens is 248 g/mol. The van der Waals surface area contributed by atoms with E-state index in [1.165, 1.54) is 5.56 Å². The van der Waals surface area contributed by atoms with Gasteiger partial charge in [0, 0.05) is 13.1 Å². The molecular formula is C14H21ClN2O. The molecule has 2 N–H and O–H groups in total. The number of hydrogen-bond acceptors (Lipinski definition) is 2. The van der Waals surface area contributed by atoms with Gasteiger partial charge in [0.1, 0.15) is 6.04 Å². The zero-order chi connectivity index (χ0) is 12.4. The number of amides is 1. The molecule has 18 heavy (non-hydrogen) atoms. The first-order chi connectivity index (χ1) is 8.08. The van der Waals surface area contributed by atoms with E-state index in [1.54, 1.807) is 0 Å². The van der Waals surface area contributed by atoms with Gasteiger partial charge in [-0.2, -0.15) is 0 Å². The van der Waals surface area contributed by atoms with E-state index in [0.717, 1.165) is 25.1 Å². The Balaban J connectivity index is 0.00000162. The molecule has 0 bridgehead atoms. The van der Waals surface area contributed by atoms with Crippen LogP contribution < -0.4 is 5.73 Å². The minimum absolute atomic E-state index is 0. The van der Waals surface area contributed by atoms with E-state index < -0.39 is 6.04 Å². The predicted molar refractivity (Wildman–Crippen MR) is 75.7 cm³/mol. The molecule has 2 atom stereocenters. The minimum atomic E-state index is -0.513. The van der Waals surface area contributed by atoms with Gasteiger partial charge in [-0.05, 0) is 24.8 Å². The topological polar surface area (TPSA) is 46.3 Å². The summed E-state index contributed by atoms with van der Waals surface area (Å²) in [5, 5.41) is 0. The Morgan fingerprint density at radius 1 is 1.39 bits per heavy atom. The number of benzene rings is 1. The number of likely N-dealkylation sites (tertiary alicyclic amines) is 1. The molecule has 1 aliphatic rings. The summed E-state index contributed by atoms with van der Waals surface area (Å²) in [6.07, 6.45) is 1.09. The fourth-order valence-electron chi connectivity index (χ4n) is 2.25. The van der Waals surface area contributed by atoms with Gasteiger partial charge in [-0.1, -0.05) is 36.8 Å². The smallest absolute Gasteiger partial charge is 0.244 e. The molecule has 1 aliphatic heterocycles. The van der Waals surface area contributed by atoms with Crippen LogP contribution in [-0.2, 0) is 4.79 Å². The van der Waals surface area contributed by atoms with E-state index in [0.29, 0.717) is 5.92 Å². The SMILES string of the molecule is Cc1ccc(C(N)C(=O)N2CCC(C)C2)cc1.Cl. The van der Waals surface area contributed by atoms with Crippen molar-refractivity contribution in [3.8, 4) is 0 Å². The van der Waals surface area contributed by atoms with Crippen LogP contribution in [0.5, 0.6) is 0 Å². The van der Waals surface area contributed by atoms with Crippen LogP contribution in [0.2, 0.25) is 0 Å². The Hall–Kier alpha value is -1.06. The molecule has 4 heteroatoms. The van der Waals surface area contributed by atoms with Crippen molar-refractivity contribution < 1.29 is 4.79 Å². The zero-order valence-electron chi connectivity index (χ0n) is 10.9. The average molecular weight is 269 g/mol. The van der Waals surface area contributed by atoms with Crippen LogP contribution >= 0.6 is 12.4 Å². The molecule has 1 amide bonds. The van der Waals surface area contributed by atoms with E-state index in [4.69, 9.17) is 5.73 Å². The highest BCUT2D eigenvalue weighted by Crippen LogP contribution is 2.20. The van der Waals surface area contributed by atoms with Crippen molar-refractivity contribution in [1.29, 1.82) is 0 Å². The molecule has 1 heterocycles. The third kappa shape index (κ3) is 3.24. The van der Waals surface area contributed by atoms with Crippen molar-refractivity contribution in [2.24, 2.45) is 11.7 Å². The highest BCUT2D eigenvalue weighted by Gasteiger charge is 2.27. The Bertz CT molecular complexity index is 405. The first kappa shape index (κ1) is 15.0. The van der Waals surface area contributed by atoms with Gasteiger partial charge in [0.05, 0.1) is 0 Å². The molecule has 2 unspecified atom stereocenters. The number of halogens is 1. The second-order valence-electron chi connectivity index (χ2n) is 5.07. The van der Waals surface area contributed by atoms with E-state index in [1.807, 2.05) is 36.1 Å². The number of carbonyl (C=O) groups is 1. The van der Waals surface area contributed by atoms with Crippen molar-refractivity contribution in [3.05, 3.63) is 35.4 Å². The highest BCUT2D eigenvalue weighted by atomic mass is 35.5. The summed E-state index contributed by atoms with van der Waals surface area (Å²) in [6.45, 7) is 5.89. The standard InChI is InChI=1S/C14H20N2O.ClH/c1-10-3-5-12(6-4-10)13(15)14(17)16-8-7-11(2)9-16;/h3-6,11,13H,7-9,15H2,1-2H3;1H. The molecule has 1 saturated heterocycles. The molecule has 0 saturated carbocycles. The predicted octanol–water partition coefficient (Wildman–Crippen LogP) is 2.29. The molecule has 100 valence electrons. The monoisotopic (exact) mass is 268 g/mol. The van der Waals surface area contributed by atoms with Crippen LogP contribution in [0, 0.1) is 12.8 Å². The largest absolute Gasteiger partial charge is 0.341 e. The third-order valence-corrected chi connectivity index (χ3v) is 3.44. The molecule has 0 radical (unpaired) electrons. The van der Waals surface area contributed by atoms with E-state index in [-0.39, 0.29) is 18.3 Å². The lowest BCUT2D eigenvalue weighted by Crippen LogP contribution is -2.36. The number of carbonyl (C=O) groups excluding carboxylic acids is 1. The lowest BCUT2D eigenvalue weighted by Gasteiger charge is -2.21. The van der Waals surface area contributed by atoms with Gasteiger partial charge in [-0.25, -0.2) is 0 Å². The number of hydrogen-bond donors (Lipinski definition) is 1. The molecule has 0 aliphatic carbocycles. The van der Waals surface area contributed by atoms with Gasteiger partial charge in [0.2, 0.25) is 5.91 Å². The van der Waals surface area contributed by atoms with Crippen LogP contribution in [0.4, 0.5) is 0 Å². The lowest BCUT2D eigenvalue weighted by molar-refractivity contribution is -0.131. The number of nitrogens with two attached hydrogens (primary N) is 1. The molecule has 2 rings (SSSR count). The maximum Gasteiger partial charge on any atom is 0.244 e. The maximum absolute atomic E-state index is 12.2. The van der Waals surface area contributed by atoms with Crippen LogP contribution in [-0.4, -0.2) is 23.9 Å². The summed E-state index contributed by atoms with van der Waals surface area (Å²) in [5.74, 6) is 0.655. The van der Waals surface area contributed by atoms with Crippen LogP contribution in [0.15, 0.2) is 24.3 Å². The fourth-order valence-corrected chi connectivity index (χ4v) is 2.25. The summed E-state index contributed by atoms with van der Waals surface area (Å²) < 4.78 is 0. The number of rotatable bonds is 2. The van der Waals surface area contributed by atoms with Gasteiger partial charge in [0.15, 0.2) is 0 Å². The van der Waals surface area contributed by atoms with Gasteiger partial charge in [0.25, 0.3) is 0 Å². The third-order valence-electron chi connectivity index (χ3n) is 3.44. The first-order valence-corrected chi connectivity index (χ1v) is 6.19. The van der Waals surface area contributed by atoms with Crippen molar-refractivity contribution >= 4 is 18.3 Å². The Labute approximate surface area is 115 Å². The zero-order valence-corrected chi connectivity index (χ0v) is 11.7. The summed E-state index contributed by atoms with van der Waals surface area (Å²) in [4.78, 5) is 14.1. The van der Waals surface area contributed by atoms with Crippen molar-refractivity contribution in [2.45, 2.75) is 26.3 Å². The lowest BCUT2D eigenvalue weighted by atomic mass is 10.0. The van der Waals surface area contributed by atoms with Gasteiger partial charge < -0.3 is 10.6 Å². The second-order valence-corrected chi connectivity index (χ2v) is 5.07. The Kier molecular flexibility index (Phi) is 5.17. The van der Waals surface area contributed by atoms with E-state index >= 15 is 0 Å². The molecule has 1 aromatic carbocycles. The average Bonchev–Trinajstić information content (AvgIpc) is 2.75. The van der Waals surface area contributed by atoms with E-state index in [9.17, 15) is 4.79 Å². The molecule has 3 nitrogen and oxygen atoms in total. The fraction of sp³-hybridized carbons (Fsp3) is 0.500.